The minimum absolute atomic E-state index is 0.152. The molecule has 0 radical (unpaired) electrons. The molecule has 0 spiro atoms. The van der Waals surface area contributed by atoms with E-state index in [0.717, 1.165) is 0 Å². The van der Waals surface area contributed by atoms with Crippen molar-refractivity contribution in [2.45, 2.75) is 0 Å². The Labute approximate surface area is 67.1 Å². The molecule has 60 valence electrons. The lowest BCUT2D eigenvalue weighted by Gasteiger charge is -1.91. The van der Waals surface area contributed by atoms with E-state index >= 15 is 0 Å². The van der Waals surface area contributed by atoms with Crippen molar-refractivity contribution in [2.24, 2.45) is 0 Å². The molecule has 2 rings (SSSR count). The fraction of sp³-hybridized carbons (Fsp3) is 0. The van der Waals surface area contributed by atoms with Crippen LogP contribution in [-0.2, 0) is 4.79 Å². The van der Waals surface area contributed by atoms with Crippen LogP contribution in [0.2, 0.25) is 0 Å². The average Bonchev–Trinajstić information content (AvgIpc) is 2.46. The highest BCUT2D eigenvalue weighted by atomic mass is 16.1. The lowest BCUT2D eigenvalue weighted by Crippen LogP contribution is -1.96. The van der Waals surface area contributed by atoms with Gasteiger partial charge in [-0.1, -0.05) is 0 Å². The van der Waals surface area contributed by atoms with Gasteiger partial charge in [-0.2, -0.15) is 4.98 Å². The van der Waals surface area contributed by atoms with E-state index in [1.807, 2.05) is 0 Å². The van der Waals surface area contributed by atoms with E-state index in [1.54, 1.807) is 0 Å². The van der Waals surface area contributed by atoms with Gasteiger partial charge in [0, 0.05) is 0 Å². The maximum absolute atomic E-state index is 10.4. The third kappa shape index (κ3) is 0.815. The van der Waals surface area contributed by atoms with Gasteiger partial charge < -0.3 is 5.73 Å². The molecular formula is C6H5N5O. The summed E-state index contributed by atoms with van der Waals surface area (Å²) in [6.45, 7) is 0. The van der Waals surface area contributed by atoms with Gasteiger partial charge in [-0.05, 0) is 0 Å². The van der Waals surface area contributed by atoms with Crippen molar-refractivity contribution in [1.29, 1.82) is 0 Å². The maximum Gasteiger partial charge on any atom is 0.222 e. The Balaban J connectivity index is 2.81. The number of rotatable bonds is 1. The van der Waals surface area contributed by atoms with E-state index in [2.05, 4.69) is 15.0 Å². The molecule has 2 N–H and O–H groups in total. The van der Waals surface area contributed by atoms with Gasteiger partial charge >= 0.3 is 0 Å². The quantitative estimate of drug-likeness (QED) is 0.570. The van der Waals surface area contributed by atoms with Crippen LogP contribution in [-0.4, -0.2) is 25.9 Å². The highest BCUT2D eigenvalue weighted by molar-refractivity contribution is 5.78. The summed E-state index contributed by atoms with van der Waals surface area (Å²) in [5.41, 5.74) is 6.30. The van der Waals surface area contributed by atoms with Crippen molar-refractivity contribution in [3.05, 3.63) is 12.5 Å². The van der Waals surface area contributed by atoms with Gasteiger partial charge in [0.2, 0.25) is 12.4 Å². The molecule has 2 aromatic rings. The molecule has 0 atom stereocenters. The second-order valence-corrected chi connectivity index (χ2v) is 2.19. The van der Waals surface area contributed by atoms with Gasteiger partial charge in [-0.15, -0.1) is 0 Å². The van der Waals surface area contributed by atoms with Gasteiger partial charge in [-0.3, -0.25) is 9.36 Å². The van der Waals surface area contributed by atoms with Crippen LogP contribution in [0.3, 0.4) is 0 Å². The number of nitrogen functional groups attached to an aromatic ring is 1. The predicted molar refractivity (Wildman–Crippen MR) is 41.9 cm³/mol. The topological polar surface area (TPSA) is 86.7 Å². The van der Waals surface area contributed by atoms with Crippen LogP contribution >= 0.6 is 0 Å². The van der Waals surface area contributed by atoms with Crippen molar-refractivity contribution in [2.75, 3.05) is 5.73 Å². The number of fused-ring (bicyclic) bond motifs is 1. The van der Waals surface area contributed by atoms with Gasteiger partial charge in [0.25, 0.3) is 0 Å². The minimum Gasteiger partial charge on any atom is -0.368 e. The molecule has 0 aliphatic heterocycles. The van der Waals surface area contributed by atoms with E-state index in [1.165, 1.54) is 17.1 Å². The zero-order valence-electron chi connectivity index (χ0n) is 6.01. The first-order valence-corrected chi connectivity index (χ1v) is 3.21. The predicted octanol–water partition coefficient (Wildman–Crippen LogP) is -0.553. The van der Waals surface area contributed by atoms with E-state index in [-0.39, 0.29) is 5.95 Å². The first kappa shape index (κ1) is 6.71. The van der Waals surface area contributed by atoms with Crippen molar-refractivity contribution in [1.82, 2.24) is 19.5 Å². The molecule has 6 nitrogen and oxygen atoms in total. The van der Waals surface area contributed by atoms with Gasteiger partial charge in [0.15, 0.2) is 5.65 Å². The van der Waals surface area contributed by atoms with Crippen molar-refractivity contribution >= 4 is 23.5 Å². The molecule has 2 heterocycles. The number of aromatic nitrogens is 4. The van der Waals surface area contributed by atoms with Crippen molar-refractivity contribution < 1.29 is 4.79 Å². The molecule has 0 amide bonds. The van der Waals surface area contributed by atoms with Gasteiger partial charge in [-0.25, -0.2) is 9.97 Å². The first-order valence-electron chi connectivity index (χ1n) is 3.21. The van der Waals surface area contributed by atoms with E-state index in [9.17, 15) is 4.79 Å². The first-order chi connectivity index (χ1) is 5.81. The van der Waals surface area contributed by atoms with Crippen LogP contribution in [0.15, 0.2) is 12.5 Å². The number of anilines is 1. The summed E-state index contributed by atoms with van der Waals surface area (Å²) in [5.74, 6) is 0.152. The number of hydrogen-bond donors (Lipinski definition) is 1. The Morgan fingerprint density at radius 2 is 2.33 bits per heavy atom. The normalized spacial score (nSPS) is 10.3. The Morgan fingerprint density at radius 1 is 1.50 bits per heavy atom. The maximum atomic E-state index is 10.4. The number of carbonyl (C=O) groups is 1. The summed E-state index contributed by atoms with van der Waals surface area (Å²) in [6.07, 6.45) is 3.46. The molecule has 0 unspecified atom stereocenters. The molecule has 0 aliphatic rings. The third-order valence-electron chi connectivity index (χ3n) is 1.46. The SMILES string of the molecule is Nc1ncc2c(ncn2C=O)n1. The zero-order chi connectivity index (χ0) is 8.55. The number of nitrogens with zero attached hydrogens (tertiary/aromatic N) is 4. The molecular weight excluding hydrogens is 158 g/mol. The van der Waals surface area contributed by atoms with E-state index in [0.29, 0.717) is 17.6 Å². The minimum atomic E-state index is 0.152. The third-order valence-corrected chi connectivity index (χ3v) is 1.46. The number of carbonyl (C=O) groups excluding carboxylic acids is 1. The molecule has 0 saturated carbocycles. The molecule has 0 aliphatic carbocycles. The fourth-order valence-corrected chi connectivity index (χ4v) is 0.920. The number of hydrogen-bond acceptors (Lipinski definition) is 5. The standard InChI is InChI=1S/C6H5N5O/c7-6-8-1-4-5(10-6)9-2-11(4)3-12/h1-3H,(H2,7,8,10). The molecule has 2 aromatic heterocycles. The zero-order valence-corrected chi connectivity index (χ0v) is 6.01. The summed E-state index contributed by atoms with van der Waals surface area (Å²) in [7, 11) is 0. The Morgan fingerprint density at radius 3 is 3.08 bits per heavy atom. The van der Waals surface area contributed by atoms with Crippen molar-refractivity contribution in [3.8, 4) is 0 Å². The van der Waals surface area contributed by atoms with Crippen LogP contribution in [0.25, 0.3) is 11.2 Å². The Hall–Kier alpha value is -1.98. The van der Waals surface area contributed by atoms with Gasteiger partial charge in [0.1, 0.15) is 11.8 Å². The van der Waals surface area contributed by atoms with Crippen LogP contribution in [0.1, 0.15) is 0 Å². The molecule has 12 heavy (non-hydrogen) atoms. The Kier molecular flexibility index (Phi) is 1.26. The van der Waals surface area contributed by atoms with Crippen LogP contribution < -0.4 is 5.73 Å². The highest BCUT2D eigenvalue weighted by Gasteiger charge is 2.02. The summed E-state index contributed by atoms with van der Waals surface area (Å²) in [6, 6.07) is 0. The highest BCUT2D eigenvalue weighted by Crippen LogP contribution is 2.07. The second-order valence-electron chi connectivity index (χ2n) is 2.19. The number of nitrogens with two attached hydrogens (primary N) is 1. The van der Waals surface area contributed by atoms with Gasteiger partial charge in [0.05, 0.1) is 6.20 Å². The van der Waals surface area contributed by atoms with Crippen LogP contribution in [0.4, 0.5) is 5.95 Å². The molecule has 0 fully saturated rings. The lowest BCUT2D eigenvalue weighted by molar-refractivity contribution is 0.548. The molecule has 6 heteroatoms. The average molecular weight is 163 g/mol. The fourth-order valence-electron chi connectivity index (χ4n) is 0.920. The van der Waals surface area contributed by atoms with E-state index in [4.69, 9.17) is 5.73 Å². The van der Waals surface area contributed by atoms with Crippen LogP contribution in [0.5, 0.6) is 0 Å². The van der Waals surface area contributed by atoms with Crippen LogP contribution in [0, 0.1) is 0 Å². The molecule has 0 saturated heterocycles. The van der Waals surface area contributed by atoms with Crippen molar-refractivity contribution in [3.63, 3.8) is 0 Å². The molecule has 0 bridgehead atoms. The lowest BCUT2D eigenvalue weighted by atomic mass is 10.5. The summed E-state index contributed by atoms with van der Waals surface area (Å²) < 4.78 is 1.29. The largest absolute Gasteiger partial charge is 0.368 e. The second kappa shape index (κ2) is 2.26. The summed E-state index contributed by atoms with van der Waals surface area (Å²) in [4.78, 5) is 21.8. The number of imidazole rings is 1. The summed E-state index contributed by atoms with van der Waals surface area (Å²) >= 11 is 0. The summed E-state index contributed by atoms with van der Waals surface area (Å²) in [5, 5.41) is 0. The molecule has 0 aromatic carbocycles. The van der Waals surface area contributed by atoms with E-state index < -0.39 is 0 Å². The Bertz CT molecular complexity index is 434. The smallest absolute Gasteiger partial charge is 0.222 e. The monoisotopic (exact) mass is 163 g/mol.